The molecule has 0 radical (unpaired) electrons. The van der Waals surface area contributed by atoms with Crippen molar-refractivity contribution in [1.29, 1.82) is 0 Å². The van der Waals surface area contributed by atoms with E-state index in [9.17, 15) is 40.0 Å². The number of Topliss-reactive ketones (excluding diaryl/α,β-unsaturated/α-hetero) is 1. The molecule has 2 aromatic carbocycles. The minimum absolute atomic E-state index is 0.0371. The molecule has 4 aromatic rings. The molecule has 1 amide bonds. The lowest BCUT2D eigenvalue weighted by Gasteiger charge is -2.40. The normalized spacial score (nSPS) is 21.2. The quantitative estimate of drug-likeness (QED) is 0.143. The van der Waals surface area contributed by atoms with Gasteiger partial charge in [-0.25, -0.2) is 17.2 Å². The average molecular weight is 877 g/mol. The Hall–Kier alpha value is -4.23. The second-order valence-corrected chi connectivity index (χ2v) is 18.7. The zero-order chi connectivity index (χ0) is 42.5. The summed E-state index contributed by atoms with van der Waals surface area (Å²) in [7, 11) is -4.05. The van der Waals surface area contributed by atoms with Crippen molar-refractivity contribution in [3.05, 3.63) is 104 Å². The summed E-state index contributed by atoms with van der Waals surface area (Å²) >= 11 is 6.49. The maximum Gasteiger partial charge on any atom is 0.416 e. The summed E-state index contributed by atoms with van der Waals surface area (Å²) in [6, 6.07) is 7.21. The Kier molecular flexibility index (Phi) is 12.0. The second-order valence-electron chi connectivity index (χ2n) is 16.3. The number of nitrogens with one attached hydrogen (secondary N) is 2. The summed E-state index contributed by atoms with van der Waals surface area (Å²) in [6.07, 6.45) is -2.68. The van der Waals surface area contributed by atoms with Crippen LogP contribution in [0.2, 0.25) is 5.02 Å². The third kappa shape index (κ3) is 8.49. The van der Waals surface area contributed by atoms with Gasteiger partial charge in [0, 0.05) is 74.6 Å². The number of halogens is 6. The number of sulfonamides is 1. The number of hydrogen-bond donors (Lipinski definition) is 2. The molecule has 19 heteroatoms. The van der Waals surface area contributed by atoms with Crippen LogP contribution in [0, 0.1) is 17.6 Å². The molecular weight excluding hydrogens is 831 g/mol. The van der Waals surface area contributed by atoms with Crippen molar-refractivity contribution in [3.8, 4) is 0 Å². The Morgan fingerprint density at radius 1 is 0.867 bits per heavy atom. The van der Waals surface area contributed by atoms with Gasteiger partial charge < -0.3 is 4.90 Å². The first-order valence-electron chi connectivity index (χ1n) is 20.3. The first-order valence-corrected chi connectivity index (χ1v) is 22.3. The molecule has 12 nitrogen and oxygen atoms in total. The monoisotopic (exact) mass is 876 g/mol. The number of rotatable bonds is 10. The maximum atomic E-state index is 14.8. The number of aromatic nitrogens is 4. The largest absolute Gasteiger partial charge is 0.416 e. The van der Waals surface area contributed by atoms with E-state index < -0.39 is 51.2 Å². The lowest BCUT2D eigenvalue weighted by atomic mass is 9.81. The Balaban J connectivity index is 0.964. The molecule has 4 aliphatic heterocycles. The van der Waals surface area contributed by atoms with Gasteiger partial charge in [0.25, 0.3) is 5.91 Å². The van der Waals surface area contributed by atoms with E-state index in [1.807, 2.05) is 4.90 Å². The van der Waals surface area contributed by atoms with Gasteiger partial charge in [-0.1, -0.05) is 36.7 Å². The summed E-state index contributed by atoms with van der Waals surface area (Å²) in [4.78, 5) is 33.5. The van der Waals surface area contributed by atoms with Crippen LogP contribution in [0.3, 0.4) is 0 Å². The molecule has 322 valence electrons. The van der Waals surface area contributed by atoms with Gasteiger partial charge in [-0.2, -0.15) is 27.7 Å². The summed E-state index contributed by atoms with van der Waals surface area (Å²) in [5, 5.41) is 14.5. The molecular formula is C41H46ClF5N8O4S. The van der Waals surface area contributed by atoms with Crippen molar-refractivity contribution in [3.63, 3.8) is 0 Å². The molecule has 60 heavy (non-hydrogen) atoms. The molecule has 2 atom stereocenters. The zero-order valence-electron chi connectivity index (χ0n) is 33.0. The Labute approximate surface area is 349 Å². The van der Waals surface area contributed by atoms with Crippen LogP contribution in [0.25, 0.3) is 0 Å². The number of likely N-dealkylation sites (N-methyl/N-ethyl adjacent to an activating group) is 1. The first kappa shape index (κ1) is 42.5. The molecule has 0 spiro atoms. The number of aromatic amines is 2. The molecule has 4 aliphatic rings. The minimum atomic E-state index is -4.70. The van der Waals surface area contributed by atoms with Crippen molar-refractivity contribution < 1.29 is 40.0 Å². The van der Waals surface area contributed by atoms with Crippen LogP contribution in [-0.2, 0) is 42.1 Å². The predicted octanol–water partition coefficient (Wildman–Crippen LogP) is 6.16. The Morgan fingerprint density at radius 2 is 1.57 bits per heavy atom. The number of carbonyl (C=O) groups is 2. The van der Waals surface area contributed by atoms with Crippen LogP contribution in [-0.4, -0.2) is 118 Å². The fourth-order valence-corrected chi connectivity index (χ4v) is 11.5. The standard InChI is InChI=1S/C41H46ClF5N8O4S/c1-2-52-15-11-34-30(20-52)39(51-49-34)40(57)54-16-10-27(29-4-3-5-33(44)37(29)42)25(19-54)23-60(58,59)55-17-12-35-31(21-55)38(50-48-35)36(56)22-53-13-8-24(9-14-53)28-7-6-26(43)18-32(28)41(45,46)47/h3-7,18,24-25,27H,2,8-17,19-23H2,1H3,(H,48,50)(H,49,51). The third-order valence-electron chi connectivity index (χ3n) is 12.8. The highest BCUT2D eigenvalue weighted by molar-refractivity contribution is 7.89. The number of likely N-dealkylation sites (tertiary alicyclic amines) is 2. The lowest BCUT2D eigenvalue weighted by molar-refractivity contribution is -0.138. The lowest BCUT2D eigenvalue weighted by Crippen LogP contribution is -2.48. The summed E-state index contributed by atoms with van der Waals surface area (Å²) in [5.41, 5.74) is 2.81. The number of alkyl halides is 3. The zero-order valence-corrected chi connectivity index (χ0v) is 34.6. The molecule has 2 N–H and O–H groups in total. The summed E-state index contributed by atoms with van der Waals surface area (Å²) in [5.74, 6) is -4.20. The van der Waals surface area contributed by atoms with E-state index in [2.05, 4.69) is 32.2 Å². The van der Waals surface area contributed by atoms with Gasteiger partial charge >= 0.3 is 6.18 Å². The molecule has 2 saturated heterocycles. The van der Waals surface area contributed by atoms with Gasteiger partial charge in [0.1, 0.15) is 17.3 Å². The van der Waals surface area contributed by atoms with E-state index >= 15 is 0 Å². The van der Waals surface area contributed by atoms with Crippen LogP contribution in [0.15, 0.2) is 36.4 Å². The number of H-pyrrole nitrogens is 2. The van der Waals surface area contributed by atoms with Crippen molar-refractivity contribution in [1.82, 2.24) is 39.4 Å². The van der Waals surface area contributed by atoms with Crippen LogP contribution >= 0.6 is 11.6 Å². The number of amides is 1. The average Bonchev–Trinajstić information content (AvgIpc) is 3.86. The number of carbonyl (C=O) groups excluding carboxylic acids is 2. The molecule has 2 aromatic heterocycles. The SMILES string of the molecule is CCN1CCc2[nH]nc(C(=O)N3CCC(c4cccc(F)c4Cl)C(CS(=O)(=O)N4CCc5[nH]nc(C(=O)CN6CCC(c7ccc(F)cc7C(F)(F)F)CC6)c5C4)C3)c2C1. The van der Waals surface area contributed by atoms with Gasteiger partial charge in [-0.15, -0.1) is 0 Å². The highest BCUT2D eigenvalue weighted by atomic mass is 35.5. The molecule has 0 bridgehead atoms. The van der Waals surface area contributed by atoms with E-state index in [-0.39, 0.29) is 72.9 Å². The van der Waals surface area contributed by atoms with Gasteiger partial charge in [0.15, 0.2) is 11.5 Å². The van der Waals surface area contributed by atoms with E-state index in [0.29, 0.717) is 67.5 Å². The molecule has 8 rings (SSSR count). The van der Waals surface area contributed by atoms with Gasteiger partial charge in [0.2, 0.25) is 10.0 Å². The number of fused-ring (bicyclic) bond motifs is 2. The summed E-state index contributed by atoms with van der Waals surface area (Å²) in [6.45, 7) is 5.26. The number of piperidine rings is 2. The van der Waals surface area contributed by atoms with Crippen LogP contribution in [0.4, 0.5) is 22.0 Å². The second kappa shape index (κ2) is 16.9. The first-order chi connectivity index (χ1) is 28.6. The molecule has 0 saturated carbocycles. The van der Waals surface area contributed by atoms with E-state index in [0.717, 1.165) is 36.8 Å². The molecule has 6 heterocycles. The fraction of sp³-hybridized carbons (Fsp3) is 0.512. The van der Waals surface area contributed by atoms with Gasteiger partial charge in [0.05, 0.1) is 22.9 Å². The third-order valence-corrected chi connectivity index (χ3v) is 15.1. The van der Waals surface area contributed by atoms with Gasteiger partial charge in [-0.05, 0) is 86.0 Å². The number of ketones is 1. The highest BCUT2D eigenvalue weighted by Gasteiger charge is 2.42. The van der Waals surface area contributed by atoms with Crippen molar-refractivity contribution >= 4 is 33.3 Å². The highest BCUT2D eigenvalue weighted by Crippen LogP contribution is 2.41. The predicted molar refractivity (Wildman–Crippen MR) is 212 cm³/mol. The molecule has 0 aliphatic carbocycles. The van der Waals surface area contributed by atoms with Crippen molar-refractivity contribution in [2.75, 3.05) is 58.1 Å². The van der Waals surface area contributed by atoms with Crippen LogP contribution in [0.5, 0.6) is 0 Å². The number of hydrogen-bond acceptors (Lipinski definition) is 8. The topological polar surface area (TPSA) is 139 Å². The van der Waals surface area contributed by atoms with Crippen LogP contribution in [0.1, 0.15) is 98.2 Å². The number of benzene rings is 2. The van der Waals surface area contributed by atoms with Crippen molar-refractivity contribution in [2.24, 2.45) is 5.92 Å². The Bertz CT molecular complexity index is 2380. The molecule has 2 fully saturated rings. The van der Waals surface area contributed by atoms with E-state index in [4.69, 9.17) is 11.6 Å². The summed E-state index contributed by atoms with van der Waals surface area (Å²) < 4.78 is 99.8. The smallest absolute Gasteiger partial charge is 0.337 e. The number of nitrogens with zero attached hydrogens (tertiary/aromatic N) is 6. The van der Waals surface area contributed by atoms with Crippen molar-refractivity contribution in [2.45, 2.75) is 70.1 Å². The Morgan fingerprint density at radius 3 is 2.28 bits per heavy atom. The van der Waals surface area contributed by atoms with E-state index in [1.165, 1.54) is 22.5 Å². The van der Waals surface area contributed by atoms with Crippen LogP contribution < -0.4 is 0 Å². The fourth-order valence-electron chi connectivity index (χ4n) is 9.47. The van der Waals surface area contributed by atoms with Gasteiger partial charge in [-0.3, -0.25) is 29.6 Å². The van der Waals surface area contributed by atoms with E-state index in [1.54, 1.807) is 11.0 Å². The molecule has 2 unspecified atom stereocenters. The maximum absolute atomic E-state index is 14.8. The minimum Gasteiger partial charge on any atom is -0.337 e.